The van der Waals surface area contributed by atoms with Crippen molar-refractivity contribution in [3.63, 3.8) is 0 Å². The molecule has 1 nitrogen and oxygen atoms in total. The van der Waals surface area contributed by atoms with Gasteiger partial charge < -0.3 is 4.74 Å². The van der Waals surface area contributed by atoms with E-state index in [1.165, 1.54) is 23.5 Å². The van der Waals surface area contributed by atoms with Gasteiger partial charge in [0.15, 0.2) is 0 Å². The summed E-state index contributed by atoms with van der Waals surface area (Å²) in [6, 6.07) is 8.25. The van der Waals surface area contributed by atoms with E-state index in [0.717, 1.165) is 17.4 Å². The third-order valence-corrected chi connectivity index (χ3v) is 3.83. The van der Waals surface area contributed by atoms with Crippen LogP contribution >= 0.6 is 24.4 Å². The average molecular weight is 256 g/mol. The molecule has 0 aromatic heterocycles. The fraction of sp³-hybridized carbons (Fsp3) is 0.538. The monoisotopic (exact) mass is 256 g/mol. The van der Waals surface area contributed by atoms with Crippen molar-refractivity contribution in [1.82, 2.24) is 0 Å². The highest BCUT2D eigenvalue weighted by Gasteiger charge is 2.02. The van der Waals surface area contributed by atoms with Crippen LogP contribution < -0.4 is 4.74 Å². The molecule has 0 radical (unpaired) electrons. The van der Waals surface area contributed by atoms with Gasteiger partial charge in [-0.3, -0.25) is 0 Å². The Hall–Kier alpha value is -0.280. The van der Waals surface area contributed by atoms with Crippen molar-refractivity contribution < 1.29 is 4.74 Å². The highest BCUT2D eigenvalue weighted by atomic mass is 32.2. The van der Waals surface area contributed by atoms with Crippen molar-refractivity contribution in [2.45, 2.75) is 24.7 Å². The van der Waals surface area contributed by atoms with Gasteiger partial charge in [0.05, 0.1) is 7.11 Å². The number of thioether (sulfide) groups is 1. The number of benzene rings is 1. The molecule has 1 aromatic carbocycles. The summed E-state index contributed by atoms with van der Waals surface area (Å²) in [5.74, 6) is 3.87. The lowest BCUT2D eigenvalue weighted by Gasteiger charge is -2.09. The van der Waals surface area contributed by atoms with Crippen LogP contribution in [0.25, 0.3) is 0 Å². The summed E-state index contributed by atoms with van der Waals surface area (Å²) in [5, 5.41) is 0. The van der Waals surface area contributed by atoms with Crippen molar-refractivity contribution in [1.29, 1.82) is 0 Å². The van der Waals surface area contributed by atoms with Crippen LogP contribution in [-0.2, 0) is 0 Å². The van der Waals surface area contributed by atoms with Gasteiger partial charge in [0.1, 0.15) is 5.75 Å². The first-order chi connectivity index (χ1) is 7.76. The summed E-state index contributed by atoms with van der Waals surface area (Å²) in [6.45, 7) is 2.29. The minimum atomic E-state index is 0.774. The maximum atomic E-state index is 5.20. The third-order valence-electron chi connectivity index (χ3n) is 2.54. The molecule has 0 aliphatic rings. The van der Waals surface area contributed by atoms with Crippen LogP contribution in [-0.4, -0.2) is 18.6 Å². The van der Waals surface area contributed by atoms with E-state index in [1.54, 1.807) is 7.11 Å². The molecule has 0 heterocycles. The summed E-state index contributed by atoms with van der Waals surface area (Å²) in [6.07, 6.45) is 2.46. The summed E-state index contributed by atoms with van der Waals surface area (Å²) in [5.41, 5.74) is 0. The van der Waals surface area contributed by atoms with E-state index in [9.17, 15) is 0 Å². The molecule has 1 unspecified atom stereocenters. The Balaban J connectivity index is 2.31. The SMILES string of the molecule is COc1cccc(SCCC(C)CCS)c1. The second-order valence-electron chi connectivity index (χ2n) is 3.93. The second kappa shape index (κ2) is 7.91. The molecule has 0 saturated heterocycles. The predicted octanol–water partition coefficient (Wildman–Crippen LogP) is 4.13. The Morgan fingerprint density at radius 2 is 2.19 bits per heavy atom. The van der Waals surface area contributed by atoms with Gasteiger partial charge in [0, 0.05) is 4.90 Å². The molecule has 90 valence electrons. The molecular weight excluding hydrogens is 236 g/mol. The van der Waals surface area contributed by atoms with Gasteiger partial charge in [-0.2, -0.15) is 12.6 Å². The fourth-order valence-electron chi connectivity index (χ4n) is 1.43. The number of ether oxygens (including phenoxy) is 1. The lowest BCUT2D eigenvalue weighted by Crippen LogP contribution is -1.97. The molecule has 0 fully saturated rings. The zero-order chi connectivity index (χ0) is 11.8. The Morgan fingerprint density at radius 3 is 2.88 bits per heavy atom. The summed E-state index contributed by atoms with van der Waals surface area (Å²) in [7, 11) is 1.71. The zero-order valence-electron chi connectivity index (χ0n) is 9.98. The van der Waals surface area contributed by atoms with Crippen molar-refractivity contribution in [2.24, 2.45) is 5.92 Å². The van der Waals surface area contributed by atoms with Gasteiger partial charge in [-0.15, -0.1) is 11.8 Å². The maximum Gasteiger partial charge on any atom is 0.119 e. The lowest BCUT2D eigenvalue weighted by molar-refractivity contribution is 0.413. The smallest absolute Gasteiger partial charge is 0.119 e. The molecule has 3 heteroatoms. The van der Waals surface area contributed by atoms with Crippen molar-refractivity contribution in [2.75, 3.05) is 18.6 Å². The molecule has 1 rings (SSSR count). The van der Waals surface area contributed by atoms with Crippen LogP contribution in [0.1, 0.15) is 19.8 Å². The predicted molar refractivity (Wildman–Crippen MR) is 76.0 cm³/mol. The highest BCUT2D eigenvalue weighted by Crippen LogP contribution is 2.24. The molecular formula is C13H20OS2. The van der Waals surface area contributed by atoms with Crippen molar-refractivity contribution >= 4 is 24.4 Å². The molecule has 0 aliphatic heterocycles. The molecule has 1 atom stereocenters. The van der Waals surface area contributed by atoms with Crippen LogP contribution in [0.15, 0.2) is 29.2 Å². The zero-order valence-corrected chi connectivity index (χ0v) is 11.7. The molecule has 0 aliphatic carbocycles. The van der Waals surface area contributed by atoms with Gasteiger partial charge in [-0.25, -0.2) is 0 Å². The molecule has 0 saturated carbocycles. The molecule has 16 heavy (non-hydrogen) atoms. The molecule has 1 aromatic rings. The summed E-state index contributed by atoms with van der Waals surface area (Å²) in [4.78, 5) is 1.29. The van der Waals surface area contributed by atoms with E-state index in [4.69, 9.17) is 4.74 Å². The molecule has 0 bridgehead atoms. The Kier molecular flexibility index (Phi) is 6.81. The van der Waals surface area contributed by atoms with Crippen LogP contribution in [0, 0.1) is 5.92 Å². The standard InChI is InChI=1S/C13H20OS2/c1-11(6-8-15)7-9-16-13-5-3-4-12(10-13)14-2/h3-5,10-11,15H,6-9H2,1-2H3. The maximum absolute atomic E-state index is 5.20. The van der Waals surface area contributed by atoms with Crippen LogP contribution in [0.5, 0.6) is 5.75 Å². The van der Waals surface area contributed by atoms with Gasteiger partial charge >= 0.3 is 0 Å². The van der Waals surface area contributed by atoms with Crippen LogP contribution in [0.2, 0.25) is 0 Å². The van der Waals surface area contributed by atoms with E-state index in [1.807, 2.05) is 23.9 Å². The Morgan fingerprint density at radius 1 is 1.38 bits per heavy atom. The molecule has 0 N–H and O–H groups in total. The first-order valence-corrected chi connectivity index (χ1v) is 7.25. The largest absolute Gasteiger partial charge is 0.497 e. The van der Waals surface area contributed by atoms with Crippen LogP contribution in [0.3, 0.4) is 0 Å². The molecule has 0 spiro atoms. The van der Waals surface area contributed by atoms with E-state index < -0.39 is 0 Å². The Labute approximate surface area is 108 Å². The van der Waals surface area contributed by atoms with Crippen molar-refractivity contribution in [3.05, 3.63) is 24.3 Å². The van der Waals surface area contributed by atoms with Gasteiger partial charge in [-0.05, 0) is 48.5 Å². The van der Waals surface area contributed by atoms with Gasteiger partial charge in [0.25, 0.3) is 0 Å². The number of hydrogen-bond donors (Lipinski definition) is 1. The first kappa shape index (κ1) is 13.8. The van der Waals surface area contributed by atoms with E-state index in [0.29, 0.717) is 0 Å². The van der Waals surface area contributed by atoms with Gasteiger partial charge in [-0.1, -0.05) is 13.0 Å². The minimum Gasteiger partial charge on any atom is -0.497 e. The number of methoxy groups -OCH3 is 1. The topological polar surface area (TPSA) is 9.23 Å². The lowest BCUT2D eigenvalue weighted by atomic mass is 10.1. The van der Waals surface area contributed by atoms with E-state index in [2.05, 4.69) is 31.7 Å². The third kappa shape index (κ3) is 5.17. The quantitative estimate of drug-likeness (QED) is 0.580. The van der Waals surface area contributed by atoms with Crippen molar-refractivity contribution in [3.8, 4) is 5.75 Å². The number of hydrogen-bond acceptors (Lipinski definition) is 3. The fourth-order valence-corrected chi connectivity index (χ4v) is 3.00. The highest BCUT2D eigenvalue weighted by molar-refractivity contribution is 7.99. The van der Waals surface area contributed by atoms with E-state index >= 15 is 0 Å². The molecule has 0 amide bonds. The van der Waals surface area contributed by atoms with Gasteiger partial charge in [0.2, 0.25) is 0 Å². The minimum absolute atomic E-state index is 0.774. The summed E-state index contributed by atoms with van der Waals surface area (Å²) < 4.78 is 5.20. The Bertz CT molecular complexity index is 302. The average Bonchev–Trinajstić information content (AvgIpc) is 2.30. The normalized spacial score (nSPS) is 12.4. The number of thiol groups is 1. The summed E-state index contributed by atoms with van der Waals surface area (Å²) >= 11 is 6.15. The van der Waals surface area contributed by atoms with E-state index in [-0.39, 0.29) is 0 Å². The first-order valence-electron chi connectivity index (χ1n) is 5.64. The number of rotatable bonds is 7. The second-order valence-corrected chi connectivity index (χ2v) is 5.55. The van der Waals surface area contributed by atoms with Crippen LogP contribution in [0.4, 0.5) is 0 Å².